The molecule has 0 saturated carbocycles. The zero-order valence-corrected chi connectivity index (χ0v) is 12.2. The monoisotopic (exact) mass is 296 g/mol. The molecule has 108 valence electrons. The Morgan fingerprint density at radius 2 is 2.25 bits per heavy atom. The van der Waals surface area contributed by atoms with Crippen molar-refractivity contribution in [2.24, 2.45) is 5.16 Å². The van der Waals surface area contributed by atoms with Crippen molar-refractivity contribution >= 4 is 23.2 Å². The molecule has 5 nitrogen and oxygen atoms in total. The second kappa shape index (κ2) is 6.72. The number of rotatable bonds is 5. The van der Waals surface area contributed by atoms with Crippen LogP contribution in [0.3, 0.4) is 0 Å². The fourth-order valence-electron chi connectivity index (χ4n) is 1.96. The first-order valence-electron chi connectivity index (χ1n) is 6.38. The Bertz CT molecular complexity index is 502. The molecule has 1 heterocycles. The van der Waals surface area contributed by atoms with Gasteiger partial charge in [0.25, 0.3) is 5.91 Å². The van der Waals surface area contributed by atoms with Gasteiger partial charge in [0.1, 0.15) is 0 Å². The zero-order valence-electron chi connectivity index (χ0n) is 11.4. The quantitative estimate of drug-likeness (QED) is 0.904. The molecule has 0 radical (unpaired) electrons. The third kappa shape index (κ3) is 3.71. The molecule has 1 N–H and O–H groups in total. The lowest BCUT2D eigenvalue weighted by Crippen LogP contribution is -2.42. The summed E-state index contributed by atoms with van der Waals surface area (Å²) in [5, 5.41) is 7.46. The highest BCUT2D eigenvalue weighted by atomic mass is 35.5. The number of methoxy groups -OCH3 is 1. The standard InChI is InChI=1S/C14H17ClN2O3/c1-9(8-19-2)16-14(18)13-7-12(17-20-13)10-3-5-11(15)6-4-10/h3-6,9,13H,7-8H2,1-2H3,(H,16,18)/t9-,13-/m0/s1. The number of halogens is 1. The Balaban J connectivity index is 1.91. The van der Waals surface area contributed by atoms with Crippen LogP contribution in [-0.4, -0.2) is 37.5 Å². The molecule has 1 aliphatic heterocycles. The van der Waals surface area contributed by atoms with Gasteiger partial charge in [0, 0.05) is 24.6 Å². The summed E-state index contributed by atoms with van der Waals surface area (Å²) in [6, 6.07) is 7.23. The number of ether oxygens (including phenoxy) is 1. The van der Waals surface area contributed by atoms with E-state index < -0.39 is 6.10 Å². The van der Waals surface area contributed by atoms with Gasteiger partial charge in [-0.25, -0.2) is 0 Å². The van der Waals surface area contributed by atoms with Gasteiger partial charge in [-0.1, -0.05) is 28.9 Å². The molecule has 0 saturated heterocycles. The van der Waals surface area contributed by atoms with Crippen LogP contribution in [0.2, 0.25) is 5.02 Å². The second-order valence-electron chi connectivity index (χ2n) is 4.71. The first-order valence-corrected chi connectivity index (χ1v) is 6.76. The lowest BCUT2D eigenvalue weighted by molar-refractivity contribution is -0.132. The SMILES string of the molecule is COC[C@H](C)NC(=O)[C@@H]1CC(c2ccc(Cl)cc2)=NO1. The van der Waals surface area contributed by atoms with Gasteiger partial charge in [-0.3, -0.25) is 4.79 Å². The number of carbonyl (C=O) groups excluding carboxylic acids is 1. The molecule has 0 spiro atoms. The molecule has 0 unspecified atom stereocenters. The molecule has 6 heteroatoms. The average Bonchev–Trinajstić information content (AvgIpc) is 2.89. The zero-order chi connectivity index (χ0) is 14.5. The van der Waals surface area contributed by atoms with Crippen molar-refractivity contribution in [2.75, 3.05) is 13.7 Å². The molecule has 1 aliphatic rings. The Labute approximate surface area is 122 Å². The summed E-state index contributed by atoms with van der Waals surface area (Å²) in [6.07, 6.45) is -0.132. The molecule has 0 aliphatic carbocycles. The lowest BCUT2D eigenvalue weighted by Gasteiger charge is -2.15. The first-order chi connectivity index (χ1) is 9.60. The van der Waals surface area contributed by atoms with Crippen molar-refractivity contribution in [3.63, 3.8) is 0 Å². The van der Waals surface area contributed by atoms with E-state index in [1.165, 1.54) is 0 Å². The molecule has 20 heavy (non-hydrogen) atoms. The van der Waals surface area contributed by atoms with Crippen LogP contribution in [0.5, 0.6) is 0 Å². The molecule has 2 rings (SSSR count). The van der Waals surface area contributed by atoms with E-state index >= 15 is 0 Å². The van der Waals surface area contributed by atoms with E-state index in [9.17, 15) is 4.79 Å². The Kier molecular flexibility index (Phi) is 4.98. The van der Waals surface area contributed by atoms with Gasteiger partial charge >= 0.3 is 0 Å². The maximum Gasteiger partial charge on any atom is 0.264 e. The van der Waals surface area contributed by atoms with E-state index in [4.69, 9.17) is 21.2 Å². The molecule has 0 fully saturated rings. The molecule has 1 aromatic carbocycles. The number of hydrogen-bond acceptors (Lipinski definition) is 4. The van der Waals surface area contributed by atoms with Gasteiger partial charge in [-0.2, -0.15) is 0 Å². The fourth-order valence-corrected chi connectivity index (χ4v) is 2.08. The highest BCUT2D eigenvalue weighted by Gasteiger charge is 2.29. The maximum atomic E-state index is 12.0. The molecular weight excluding hydrogens is 280 g/mol. The van der Waals surface area contributed by atoms with Crippen molar-refractivity contribution in [3.05, 3.63) is 34.9 Å². The van der Waals surface area contributed by atoms with Crippen molar-refractivity contribution in [2.45, 2.75) is 25.5 Å². The Morgan fingerprint density at radius 1 is 1.55 bits per heavy atom. The summed E-state index contributed by atoms with van der Waals surface area (Å²) in [5.41, 5.74) is 1.66. The minimum absolute atomic E-state index is 0.0596. The smallest absolute Gasteiger partial charge is 0.264 e. The number of benzene rings is 1. The van der Waals surface area contributed by atoms with Crippen LogP contribution in [0.25, 0.3) is 0 Å². The van der Waals surface area contributed by atoms with E-state index in [1.807, 2.05) is 19.1 Å². The summed E-state index contributed by atoms with van der Waals surface area (Å²) in [7, 11) is 1.59. The van der Waals surface area contributed by atoms with Crippen LogP contribution in [0, 0.1) is 0 Å². The predicted molar refractivity (Wildman–Crippen MR) is 77.0 cm³/mol. The Morgan fingerprint density at radius 3 is 2.90 bits per heavy atom. The number of nitrogens with zero attached hydrogens (tertiary/aromatic N) is 1. The van der Waals surface area contributed by atoms with Gasteiger partial charge in [0.05, 0.1) is 12.3 Å². The number of oxime groups is 1. The number of carbonyl (C=O) groups is 1. The van der Waals surface area contributed by atoms with Gasteiger partial charge in [0.15, 0.2) is 0 Å². The van der Waals surface area contributed by atoms with E-state index in [1.54, 1.807) is 19.2 Å². The van der Waals surface area contributed by atoms with Crippen LogP contribution in [0.1, 0.15) is 18.9 Å². The number of nitrogens with one attached hydrogen (secondary N) is 1. The van der Waals surface area contributed by atoms with Crippen molar-refractivity contribution in [3.8, 4) is 0 Å². The van der Waals surface area contributed by atoms with Crippen LogP contribution >= 0.6 is 11.6 Å². The maximum absolute atomic E-state index is 12.0. The third-order valence-corrected chi connectivity index (χ3v) is 3.20. The van der Waals surface area contributed by atoms with E-state index in [0.29, 0.717) is 18.1 Å². The first kappa shape index (κ1) is 14.8. The third-order valence-electron chi connectivity index (χ3n) is 2.94. The topological polar surface area (TPSA) is 59.9 Å². The predicted octanol–water partition coefficient (Wildman–Crippen LogP) is 1.98. The highest BCUT2D eigenvalue weighted by Crippen LogP contribution is 2.18. The Hall–Kier alpha value is -1.59. The largest absolute Gasteiger partial charge is 0.383 e. The number of amides is 1. The van der Waals surface area contributed by atoms with E-state index in [0.717, 1.165) is 11.3 Å². The lowest BCUT2D eigenvalue weighted by atomic mass is 10.0. The van der Waals surface area contributed by atoms with Crippen LogP contribution < -0.4 is 5.32 Å². The highest BCUT2D eigenvalue weighted by molar-refractivity contribution is 6.30. The van der Waals surface area contributed by atoms with Gasteiger partial charge in [-0.05, 0) is 24.6 Å². The summed E-state index contributed by atoms with van der Waals surface area (Å²) < 4.78 is 4.97. The number of hydrogen-bond donors (Lipinski definition) is 1. The minimum atomic E-state index is -0.583. The minimum Gasteiger partial charge on any atom is -0.383 e. The normalized spacial score (nSPS) is 19.1. The summed E-state index contributed by atoms with van der Waals surface area (Å²) in [4.78, 5) is 17.2. The molecule has 2 atom stereocenters. The van der Waals surface area contributed by atoms with Gasteiger partial charge in [-0.15, -0.1) is 0 Å². The fraction of sp³-hybridized carbons (Fsp3) is 0.429. The van der Waals surface area contributed by atoms with Crippen LogP contribution in [0.15, 0.2) is 29.4 Å². The summed E-state index contributed by atoms with van der Waals surface area (Å²) >= 11 is 5.84. The van der Waals surface area contributed by atoms with E-state index in [-0.39, 0.29) is 11.9 Å². The van der Waals surface area contributed by atoms with Crippen LogP contribution in [-0.2, 0) is 14.4 Å². The molecule has 1 amide bonds. The summed E-state index contributed by atoms with van der Waals surface area (Å²) in [6.45, 7) is 2.33. The van der Waals surface area contributed by atoms with Gasteiger partial charge < -0.3 is 14.9 Å². The molecular formula is C14H17ClN2O3. The van der Waals surface area contributed by atoms with Crippen LogP contribution in [0.4, 0.5) is 0 Å². The average molecular weight is 297 g/mol. The van der Waals surface area contributed by atoms with Crippen molar-refractivity contribution in [1.29, 1.82) is 0 Å². The molecule has 1 aromatic rings. The van der Waals surface area contributed by atoms with E-state index in [2.05, 4.69) is 10.5 Å². The molecule has 0 bridgehead atoms. The molecule has 0 aromatic heterocycles. The summed E-state index contributed by atoms with van der Waals surface area (Å²) in [5.74, 6) is -0.178. The van der Waals surface area contributed by atoms with Gasteiger partial charge in [0.2, 0.25) is 6.10 Å². The second-order valence-corrected chi connectivity index (χ2v) is 5.14. The van der Waals surface area contributed by atoms with Crippen molar-refractivity contribution in [1.82, 2.24) is 5.32 Å². The van der Waals surface area contributed by atoms with Crippen molar-refractivity contribution < 1.29 is 14.4 Å².